The highest BCUT2D eigenvalue weighted by Gasteiger charge is 2.32. The monoisotopic (exact) mass is 303 g/mol. The van der Waals surface area contributed by atoms with Gasteiger partial charge in [0.25, 0.3) is 0 Å². The molecular weight excluding hydrogens is 287 g/mol. The number of aromatic carboxylic acids is 1. The van der Waals surface area contributed by atoms with Gasteiger partial charge in [-0.05, 0) is 30.5 Å². The fourth-order valence-corrected chi connectivity index (χ4v) is 2.32. The van der Waals surface area contributed by atoms with E-state index in [2.05, 4.69) is 5.32 Å². The van der Waals surface area contributed by atoms with E-state index in [0.717, 1.165) is 18.2 Å². The first-order valence-corrected chi connectivity index (χ1v) is 6.58. The fourth-order valence-electron chi connectivity index (χ4n) is 2.32. The minimum Gasteiger partial charge on any atom is -0.478 e. The van der Waals surface area contributed by atoms with E-state index in [1.807, 2.05) is 6.92 Å². The molecule has 0 bridgehead atoms. The lowest BCUT2D eigenvalue weighted by atomic mass is 9.96. The van der Waals surface area contributed by atoms with Gasteiger partial charge < -0.3 is 15.2 Å². The molecule has 1 heterocycles. The third-order valence-corrected chi connectivity index (χ3v) is 3.56. The number of carboxylic acids is 1. The second-order valence-corrected chi connectivity index (χ2v) is 5.15. The van der Waals surface area contributed by atoms with Crippen LogP contribution in [-0.4, -0.2) is 30.3 Å². The summed E-state index contributed by atoms with van der Waals surface area (Å²) in [5, 5.41) is 12.0. The Morgan fingerprint density at radius 2 is 2.14 bits per heavy atom. The Balaban J connectivity index is 2.32. The maximum Gasteiger partial charge on any atom is 0.416 e. The number of halogens is 3. The molecule has 0 aliphatic carbocycles. The van der Waals surface area contributed by atoms with Crippen LogP contribution in [0.2, 0.25) is 0 Å². The van der Waals surface area contributed by atoms with Crippen molar-refractivity contribution in [3.05, 3.63) is 29.3 Å². The average molecular weight is 303 g/mol. The number of hydrogen-bond donors (Lipinski definition) is 2. The first kappa shape index (κ1) is 15.6. The van der Waals surface area contributed by atoms with Gasteiger partial charge in [0.15, 0.2) is 0 Å². The maximum atomic E-state index is 12.8. The highest BCUT2D eigenvalue weighted by Crippen LogP contribution is 2.33. The summed E-state index contributed by atoms with van der Waals surface area (Å²) in [5.41, 5.74) is -1.03. The van der Waals surface area contributed by atoms with Gasteiger partial charge in [-0.15, -0.1) is 0 Å². The number of hydrogen-bond acceptors (Lipinski definition) is 3. The molecule has 2 rings (SSSR count). The summed E-state index contributed by atoms with van der Waals surface area (Å²) < 4.78 is 43.6. The van der Waals surface area contributed by atoms with Crippen molar-refractivity contribution in [3.63, 3.8) is 0 Å². The standard InChI is InChI=1S/C14H16F3NO3/c1-8-7-21-5-4-11(8)18-12-6-9(14(15,16)17)2-3-10(12)13(19)20/h2-3,6,8,11,18H,4-5,7H2,1H3,(H,19,20)/t8-,11-/m0/s1. The third kappa shape index (κ3) is 3.66. The quantitative estimate of drug-likeness (QED) is 0.900. The summed E-state index contributed by atoms with van der Waals surface area (Å²) in [6.45, 7) is 2.91. The van der Waals surface area contributed by atoms with Crippen LogP contribution in [0, 0.1) is 5.92 Å². The lowest BCUT2D eigenvalue weighted by Crippen LogP contribution is -2.36. The van der Waals surface area contributed by atoms with E-state index in [4.69, 9.17) is 9.84 Å². The van der Waals surface area contributed by atoms with Gasteiger partial charge in [-0.2, -0.15) is 13.2 Å². The zero-order valence-electron chi connectivity index (χ0n) is 11.4. The van der Waals surface area contributed by atoms with Crippen LogP contribution in [0.15, 0.2) is 18.2 Å². The molecule has 1 aromatic rings. The van der Waals surface area contributed by atoms with E-state index < -0.39 is 17.7 Å². The predicted octanol–water partition coefficient (Wildman–Crippen LogP) is 3.24. The molecule has 1 fully saturated rings. The van der Waals surface area contributed by atoms with E-state index in [-0.39, 0.29) is 23.2 Å². The molecule has 0 saturated carbocycles. The number of rotatable bonds is 3. The zero-order chi connectivity index (χ0) is 15.6. The molecule has 0 aromatic heterocycles. The van der Waals surface area contributed by atoms with Crippen LogP contribution >= 0.6 is 0 Å². The summed E-state index contributed by atoms with van der Waals surface area (Å²) >= 11 is 0. The van der Waals surface area contributed by atoms with E-state index >= 15 is 0 Å². The van der Waals surface area contributed by atoms with Crippen molar-refractivity contribution in [3.8, 4) is 0 Å². The summed E-state index contributed by atoms with van der Waals surface area (Å²) in [5.74, 6) is -1.17. The number of nitrogens with one attached hydrogen (secondary N) is 1. The predicted molar refractivity (Wildman–Crippen MR) is 70.4 cm³/mol. The fraction of sp³-hybridized carbons (Fsp3) is 0.500. The summed E-state index contributed by atoms with van der Waals surface area (Å²) in [6.07, 6.45) is -3.88. The van der Waals surface area contributed by atoms with Gasteiger partial charge in [0.1, 0.15) is 0 Å². The smallest absolute Gasteiger partial charge is 0.416 e. The van der Waals surface area contributed by atoms with Crippen LogP contribution in [0.1, 0.15) is 29.3 Å². The Hall–Kier alpha value is -1.76. The Morgan fingerprint density at radius 1 is 1.43 bits per heavy atom. The Kier molecular flexibility index (Phi) is 4.41. The zero-order valence-corrected chi connectivity index (χ0v) is 11.4. The van der Waals surface area contributed by atoms with Gasteiger partial charge in [-0.3, -0.25) is 0 Å². The van der Waals surface area contributed by atoms with Gasteiger partial charge >= 0.3 is 12.1 Å². The van der Waals surface area contributed by atoms with Gasteiger partial charge in [0.05, 0.1) is 17.7 Å². The molecule has 1 aliphatic heterocycles. The molecule has 2 atom stereocenters. The van der Waals surface area contributed by atoms with Crippen LogP contribution in [0.25, 0.3) is 0 Å². The van der Waals surface area contributed by atoms with E-state index in [9.17, 15) is 18.0 Å². The van der Waals surface area contributed by atoms with Gasteiger partial charge in [0, 0.05) is 18.3 Å². The molecule has 1 aromatic carbocycles. The van der Waals surface area contributed by atoms with Gasteiger partial charge in [-0.1, -0.05) is 6.92 Å². The van der Waals surface area contributed by atoms with Crippen molar-refractivity contribution in [1.82, 2.24) is 0 Å². The second kappa shape index (κ2) is 5.93. The summed E-state index contributed by atoms with van der Waals surface area (Å²) in [4.78, 5) is 11.2. The molecule has 0 radical (unpaired) electrons. The minimum absolute atomic E-state index is 0.00363. The van der Waals surface area contributed by atoms with Crippen LogP contribution in [0.3, 0.4) is 0 Å². The van der Waals surface area contributed by atoms with E-state index in [1.165, 1.54) is 0 Å². The molecule has 2 N–H and O–H groups in total. The Labute approximate surface area is 119 Å². The summed E-state index contributed by atoms with van der Waals surface area (Å²) in [7, 11) is 0. The number of ether oxygens (including phenoxy) is 1. The minimum atomic E-state index is -4.51. The molecule has 4 nitrogen and oxygen atoms in total. The number of anilines is 1. The second-order valence-electron chi connectivity index (χ2n) is 5.15. The van der Waals surface area contributed by atoms with Crippen molar-refractivity contribution in [1.29, 1.82) is 0 Å². The first-order chi connectivity index (χ1) is 9.79. The highest BCUT2D eigenvalue weighted by molar-refractivity contribution is 5.94. The largest absolute Gasteiger partial charge is 0.478 e. The topological polar surface area (TPSA) is 58.6 Å². The van der Waals surface area contributed by atoms with Gasteiger partial charge in [-0.25, -0.2) is 4.79 Å². The molecule has 7 heteroatoms. The maximum absolute atomic E-state index is 12.8. The molecular formula is C14H16F3NO3. The third-order valence-electron chi connectivity index (χ3n) is 3.56. The average Bonchev–Trinajstić information content (AvgIpc) is 2.40. The lowest BCUT2D eigenvalue weighted by Gasteiger charge is -2.31. The number of alkyl halides is 3. The van der Waals surface area contributed by atoms with Crippen molar-refractivity contribution in [2.45, 2.75) is 25.6 Å². The van der Waals surface area contributed by atoms with Crippen molar-refractivity contribution >= 4 is 11.7 Å². The lowest BCUT2D eigenvalue weighted by molar-refractivity contribution is -0.137. The molecule has 116 valence electrons. The van der Waals surface area contributed by atoms with Crippen molar-refractivity contribution in [2.24, 2.45) is 5.92 Å². The Bertz CT molecular complexity index is 531. The van der Waals surface area contributed by atoms with Crippen molar-refractivity contribution < 1.29 is 27.8 Å². The van der Waals surface area contributed by atoms with Crippen molar-refractivity contribution in [2.75, 3.05) is 18.5 Å². The molecule has 1 aliphatic rings. The normalized spacial score (nSPS) is 22.9. The van der Waals surface area contributed by atoms with E-state index in [1.54, 1.807) is 0 Å². The first-order valence-electron chi connectivity index (χ1n) is 6.58. The van der Waals surface area contributed by atoms with Crippen LogP contribution < -0.4 is 5.32 Å². The van der Waals surface area contributed by atoms with Crippen LogP contribution in [-0.2, 0) is 10.9 Å². The Morgan fingerprint density at radius 3 is 2.71 bits per heavy atom. The molecule has 1 saturated heterocycles. The van der Waals surface area contributed by atoms with E-state index in [0.29, 0.717) is 19.6 Å². The summed E-state index contributed by atoms with van der Waals surface area (Å²) in [6, 6.07) is 2.51. The van der Waals surface area contributed by atoms with Crippen LogP contribution in [0.4, 0.5) is 18.9 Å². The number of carboxylic acid groups (broad SMARTS) is 1. The molecule has 0 amide bonds. The molecule has 0 spiro atoms. The number of benzene rings is 1. The highest BCUT2D eigenvalue weighted by atomic mass is 19.4. The number of carbonyl (C=O) groups is 1. The molecule has 21 heavy (non-hydrogen) atoms. The SMILES string of the molecule is C[C@H]1COCC[C@@H]1Nc1cc(C(F)(F)F)ccc1C(=O)O. The van der Waals surface area contributed by atoms with Crippen LogP contribution in [0.5, 0.6) is 0 Å². The molecule has 0 unspecified atom stereocenters. The van der Waals surface area contributed by atoms with Gasteiger partial charge in [0.2, 0.25) is 0 Å².